The van der Waals surface area contributed by atoms with Crippen LogP contribution in [0.4, 0.5) is 11.6 Å². The Balaban J connectivity index is 1.63. The molecule has 1 unspecified atom stereocenters. The minimum Gasteiger partial charge on any atom is -0.504 e. The molecule has 1 aliphatic rings. The lowest BCUT2D eigenvalue weighted by atomic mass is 10.1. The maximum atomic E-state index is 9.66. The predicted octanol–water partition coefficient (Wildman–Crippen LogP) is 1.35. The van der Waals surface area contributed by atoms with E-state index in [2.05, 4.69) is 26.7 Å². The summed E-state index contributed by atoms with van der Waals surface area (Å²) < 4.78 is 0. The number of phenols is 2. The molecule has 3 rings (SSSR count). The molecule has 0 aliphatic carbocycles. The van der Waals surface area contributed by atoms with Crippen LogP contribution in [-0.2, 0) is 0 Å². The highest BCUT2D eigenvalue weighted by Crippen LogP contribution is 2.30. The van der Waals surface area contributed by atoms with E-state index in [1.54, 1.807) is 18.5 Å². The van der Waals surface area contributed by atoms with Gasteiger partial charge in [0.1, 0.15) is 0 Å². The van der Waals surface area contributed by atoms with Crippen molar-refractivity contribution in [2.75, 3.05) is 36.8 Å². The largest absolute Gasteiger partial charge is 0.504 e. The Bertz CT molecular complexity index is 669. The minimum absolute atomic E-state index is 0.0803. The molecule has 7 heteroatoms. The van der Waals surface area contributed by atoms with Crippen LogP contribution in [-0.4, -0.2) is 51.3 Å². The van der Waals surface area contributed by atoms with Crippen LogP contribution in [0.3, 0.4) is 0 Å². The summed E-state index contributed by atoms with van der Waals surface area (Å²) in [4.78, 5) is 13.0. The van der Waals surface area contributed by atoms with E-state index < -0.39 is 0 Å². The number of hydrogen-bond donors (Lipinski definition) is 3. The average Bonchev–Trinajstić information content (AvgIpc) is 2.57. The van der Waals surface area contributed by atoms with Gasteiger partial charge in [0.05, 0.1) is 18.1 Å². The van der Waals surface area contributed by atoms with Crippen molar-refractivity contribution in [2.45, 2.75) is 13.0 Å². The number of nitrogens with zero attached hydrogens (tertiary/aromatic N) is 4. The number of anilines is 2. The summed E-state index contributed by atoms with van der Waals surface area (Å²) in [5, 5.41) is 19.1. The van der Waals surface area contributed by atoms with Gasteiger partial charge in [-0.1, -0.05) is 6.07 Å². The maximum absolute atomic E-state index is 9.66. The normalized spacial score (nSPS) is 17.2. The summed E-state index contributed by atoms with van der Waals surface area (Å²) in [5.74, 6) is 0.531. The Labute approximate surface area is 135 Å². The summed E-state index contributed by atoms with van der Waals surface area (Å²) in [6.45, 7) is 5.50. The highest BCUT2D eigenvalue weighted by Gasteiger charge is 2.23. The van der Waals surface area contributed by atoms with Gasteiger partial charge < -0.3 is 20.8 Å². The minimum atomic E-state index is -0.0914. The molecule has 0 saturated carbocycles. The Kier molecular flexibility index (Phi) is 4.20. The number of nitrogen functional groups attached to an aromatic ring is 1. The van der Waals surface area contributed by atoms with Crippen LogP contribution in [0.15, 0.2) is 30.6 Å². The second-order valence-electron chi connectivity index (χ2n) is 5.76. The number of benzene rings is 1. The molecule has 1 aromatic heterocycles. The highest BCUT2D eigenvalue weighted by atomic mass is 16.3. The first-order valence-electron chi connectivity index (χ1n) is 7.63. The average molecular weight is 315 g/mol. The molecule has 0 amide bonds. The van der Waals surface area contributed by atoms with Crippen molar-refractivity contribution in [1.29, 1.82) is 0 Å². The molecule has 2 heterocycles. The number of rotatable bonds is 3. The number of aromatic hydroxyl groups is 2. The van der Waals surface area contributed by atoms with Crippen LogP contribution in [0, 0.1) is 0 Å². The second-order valence-corrected chi connectivity index (χ2v) is 5.76. The summed E-state index contributed by atoms with van der Waals surface area (Å²) >= 11 is 0. The fourth-order valence-corrected chi connectivity index (χ4v) is 2.81. The topological polar surface area (TPSA) is 98.7 Å². The Morgan fingerprint density at radius 1 is 1.04 bits per heavy atom. The molecule has 1 aromatic carbocycles. The standard InChI is InChI=1S/C16H21N5O2/c1-11(12-2-3-14(22)15(23)8-12)20-4-6-21(7-5-20)16-18-9-13(17)10-19-16/h2-3,8-11,22-23H,4-7,17H2,1H3. The van der Waals surface area contributed by atoms with E-state index in [1.807, 2.05) is 6.07 Å². The Morgan fingerprint density at radius 3 is 2.30 bits per heavy atom. The molecule has 2 aromatic rings. The molecule has 0 bridgehead atoms. The van der Waals surface area contributed by atoms with E-state index in [4.69, 9.17) is 5.73 Å². The lowest BCUT2D eigenvalue weighted by Crippen LogP contribution is -2.47. The van der Waals surface area contributed by atoms with Crippen LogP contribution >= 0.6 is 0 Å². The summed E-state index contributed by atoms with van der Waals surface area (Å²) in [6, 6.07) is 5.15. The summed E-state index contributed by atoms with van der Waals surface area (Å²) in [5.41, 5.74) is 7.16. The lowest BCUT2D eigenvalue weighted by Gasteiger charge is -2.38. The van der Waals surface area contributed by atoms with Crippen molar-refractivity contribution in [1.82, 2.24) is 14.9 Å². The Morgan fingerprint density at radius 2 is 1.70 bits per heavy atom. The van der Waals surface area contributed by atoms with E-state index in [9.17, 15) is 10.2 Å². The van der Waals surface area contributed by atoms with Gasteiger partial charge >= 0.3 is 0 Å². The van der Waals surface area contributed by atoms with Gasteiger partial charge in [-0.2, -0.15) is 0 Å². The molecule has 0 radical (unpaired) electrons. The van der Waals surface area contributed by atoms with Gasteiger partial charge in [0.15, 0.2) is 11.5 Å². The summed E-state index contributed by atoms with van der Waals surface area (Å²) in [7, 11) is 0. The molecule has 4 N–H and O–H groups in total. The SMILES string of the molecule is CC(c1ccc(O)c(O)c1)N1CCN(c2ncc(N)cn2)CC1. The first-order valence-corrected chi connectivity index (χ1v) is 7.63. The number of hydrogen-bond acceptors (Lipinski definition) is 7. The molecule has 0 spiro atoms. The first kappa shape index (κ1) is 15.4. The Hall–Kier alpha value is -2.54. The lowest BCUT2D eigenvalue weighted by molar-refractivity contribution is 0.197. The van der Waals surface area contributed by atoms with Crippen LogP contribution in [0.25, 0.3) is 0 Å². The fourth-order valence-electron chi connectivity index (χ4n) is 2.81. The third-order valence-corrected chi connectivity index (χ3v) is 4.28. The monoisotopic (exact) mass is 315 g/mol. The van der Waals surface area contributed by atoms with E-state index in [0.29, 0.717) is 11.6 Å². The third-order valence-electron chi connectivity index (χ3n) is 4.28. The quantitative estimate of drug-likeness (QED) is 0.735. The van der Waals surface area contributed by atoms with Crippen molar-refractivity contribution >= 4 is 11.6 Å². The van der Waals surface area contributed by atoms with Crippen molar-refractivity contribution in [3.05, 3.63) is 36.2 Å². The van der Waals surface area contributed by atoms with Crippen LogP contribution in [0.2, 0.25) is 0 Å². The number of nitrogens with two attached hydrogens (primary N) is 1. The van der Waals surface area contributed by atoms with Crippen molar-refractivity contribution in [2.24, 2.45) is 0 Å². The molecule has 7 nitrogen and oxygen atoms in total. The van der Waals surface area contributed by atoms with E-state index in [0.717, 1.165) is 31.7 Å². The van der Waals surface area contributed by atoms with Gasteiger partial charge in [0.2, 0.25) is 5.95 Å². The zero-order chi connectivity index (χ0) is 16.4. The first-order chi connectivity index (χ1) is 11.0. The second kappa shape index (κ2) is 6.29. The number of piperazine rings is 1. The maximum Gasteiger partial charge on any atom is 0.225 e. The van der Waals surface area contributed by atoms with E-state index in [1.165, 1.54) is 6.07 Å². The molecule has 122 valence electrons. The molecule has 23 heavy (non-hydrogen) atoms. The number of phenolic OH excluding ortho intramolecular Hbond substituents is 2. The predicted molar refractivity (Wildman–Crippen MR) is 88.4 cm³/mol. The fraction of sp³-hybridized carbons (Fsp3) is 0.375. The molecular formula is C16H21N5O2. The van der Waals surface area contributed by atoms with Crippen LogP contribution < -0.4 is 10.6 Å². The van der Waals surface area contributed by atoms with Gasteiger partial charge in [-0.15, -0.1) is 0 Å². The van der Waals surface area contributed by atoms with Crippen LogP contribution in [0.5, 0.6) is 11.5 Å². The molecule has 1 atom stereocenters. The van der Waals surface area contributed by atoms with Crippen molar-refractivity contribution in [3.8, 4) is 11.5 Å². The third kappa shape index (κ3) is 3.29. The van der Waals surface area contributed by atoms with E-state index >= 15 is 0 Å². The molecule has 1 saturated heterocycles. The van der Waals surface area contributed by atoms with Crippen molar-refractivity contribution < 1.29 is 10.2 Å². The molecule has 1 aliphatic heterocycles. The molecular weight excluding hydrogens is 294 g/mol. The van der Waals surface area contributed by atoms with Gasteiger partial charge in [0.25, 0.3) is 0 Å². The zero-order valence-corrected chi connectivity index (χ0v) is 13.1. The van der Waals surface area contributed by atoms with Gasteiger partial charge in [-0.25, -0.2) is 9.97 Å². The molecule has 1 fully saturated rings. The zero-order valence-electron chi connectivity index (χ0n) is 13.1. The van der Waals surface area contributed by atoms with E-state index in [-0.39, 0.29) is 17.5 Å². The van der Waals surface area contributed by atoms with Crippen LogP contribution in [0.1, 0.15) is 18.5 Å². The smallest absolute Gasteiger partial charge is 0.225 e. The van der Waals surface area contributed by atoms with Gasteiger partial charge in [-0.05, 0) is 24.6 Å². The number of aromatic nitrogens is 2. The van der Waals surface area contributed by atoms with Crippen molar-refractivity contribution in [3.63, 3.8) is 0 Å². The van der Waals surface area contributed by atoms with Gasteiger partial charge in [0, 0.05) is 32.2 Å². The highest BCUT2D eigenvalue weighted by molar-refractivity contribution is 5.42. The van der Waals surface area contributed by atoms with Gasteiger partial charge in [-0.3, -0.25) is 4.90 Å². The summed E-state index contributed by atoms with van der Waals surface area (Å²) in [6.07, 6.45) is 3.24.